The van der Waals surface area contributed by atoms with Crippen LogP contribution in [-0.4, -0.2) is 57.6 Å². The van der Waals surface area contributed by atoms with Gasteiger partial charge in [0.05, 0.1) is 19.1 Å². The van der Waals surface area contributed by atoms with Gasteiger partial charge < -0.3 is 15.0 Å². The average Bonchev–Trinajstić information content (AvgIpc) is 2.80. The van der Waals surface area contributed by atoms with E-state index in [1.54, 1.807) is 31.2 Å². The molecule has 0 aliphatic carbocycles. The molecule has 0 radical (unpaired) electrons. The van der Waals surface area contributed by atoms with Crippen molar-refractivity contribution in [2.24, 2.45) is 0 Å². The van der Waals surface area contributed by atoms with Gasteiger partial charge in [-0.15, -0.1) is 0 Å². The molecule has 0 heterocycles. The van der Waals surface area contributed by atoms with Gasteiger partial charge in [0.1, 0.15) is 11.8 Å². The summed E-state index contributed by atoms with van der Waals surface area (Å²) in [4.78, 5) is 27.2. The summed E-state index contributed by atoms with van der Waals surface area (Å²) in [5.74, 6) is -0.0316. The highest BCUT2D eigenvalue weighted by Gasteiger charge is 2.27. The summed E-state index contributed by atoms with van der Waals surface area (Å²) in [7, 11) is -2.12. The number of amides is 2. The fourth-order valence-corrected chi connectivity index (χ4v) is 4.74. The fraction of sp³-hybridized carbons (Fsp3) is 0.417. The van der Waals surface area contributed by atoms with Crippen molar-refractivity contribution >= 4 is 43.5 Å². The molecule has 2 amide bonds. The molecular formula is C24H32BrN3O5S. The summed E-state index contributed by atoms with van der Waals surface area (Å²) in [5, 5.41) is 2.76. The maximum Gasteiger partial charge on any atom is 0.242 e. The van der Waals surface area contributed by atoms with E-state index in [0.717, 1.165) is 16.3 Å². The number of rotatable bonds is 12. The van der Waals surface area contributed by atoms with E-state index in [0.29, 0.717) is 18.0 Å². The first-order valence-corrected chi connectivity index (χ1v) is 13.6. The standard InChI is InChI=1S/C24H32BrN3O5S/c1-5-26-24(30)18(2)27(17-19-12-14-20(25)15-13-19)23(29)11-8-16-28(34(4,31)32)21-9-6-7-10-22(21)33-3/h6-7,9-10,12-15,18H,5,8,11,16-17H2,1-4H3,(H,26,30)/t18-/m0/s1. The molecule has 10 heteroatoms. The van der Waals surface area contributed by atoms with Gasteiger partial charge in [-0.3, -0.25) is 13.9 Å². The third-order valence-electron chi connectivity index (χ3n) is 5.29. The Kier molecular flexibility index (Phi) is 10.4. The minimum absolute atomic E-state index is 0.0848. The molecule has 0 fully saturated rings. The van der Waals surface area contributed by atoms with Crippen LogP contribution in [0.15, 0.2) is 53.0 Å². The predicted octanol–water partition coefficient (Wildman–Crippen LogP) is 3.56. The van der Waals surface area contributed by atoms with Gasteiger partial charge in [-0.2, -0.15) is 0 Å². The van der Waals surface area contributed by atoms with Crippen molar-refractivity contribution in [2.45, 2.75) is 39.3 Å². The van der Waals surface area contributed by atoms with Crippen LogP contribution >= 0.6 is 15.9 Å². The van der Waals surface area contributed by atoms with Crippen LogP contribution in [0.5, 0.6) is 5.75 Å². The molecule has 0 spiro atoms. The zero-order valence-electron chi connectivity index (χ0n) is 20.0. The zero-order chi connectivity index (χ0) is 25.3. The maximum atomic E-state index is 13.2. The molecule has 0 saturated carbocycles. The molecule has 0 bridgehead atoms. The van der Waals surface area contributed by atoms with Gasteiger partial charge in [0.2, 0.25) is 21.8 Å². The number of nitrogens with zero attached hydrogens (tertiary/aromatic N) is 2. The molecule has 2 aromatic rings. The van der Waals surface area contributed by atoms with Crippen LogP contribution in [0.25, 0.3) is 0 Å². The highest BCUT2D eigenvalue weighted by Crippen LogP contribution is 2.29. The summed E-state index contributed by atoms with van der Waals surface area (Å²) >= 11 is 3.40. The molecular weight excluding hydrogens is 522 g/mol. The lowest BCUT2D eigenvalue weighted by molar-refractivity contribution is -0.140. The van der Waals surface area contributed by atoms with Crippen LogP contribution in [0, 0.1) is 0 Å². The van der Waals surface area contributed by atoms with Gasteiger partial charge in [0, 0.05) is 30.5 Å². The first kappa shape index (κ1) is 27.7. The van der Waals surface area contributed by atoms with Gasteiger partial charge in [-0.05, 0) is 50.1 Å². The van der Waals surface area contributed by atoms with E-state index in [1.165, 1.54) is 16.3 Å². The number of carbonyl (C=O) groups excluding carboxylic acids is 2. The Bertz CT molecular complexity index is 1080. The van der Waals surface area contributed by atoms with E-state index in [1.807, 2.05) is 31.2 Å². The Morgan fingerprint density at radius 1 is 1.12 bits per heavy atom. The van der Waals surface area contributed by atoms with Gasteiger partial charge in [-0.25, -0.2) is 8.42 Å². The molecule has 2 rings (SSSR count). The second-order valence-corrected chi connectivity index (χ2v) is 10.7. The smallest absolute Gasteiger partial charge is 0.242 e. The number of likely N-dealkylation sites (N-methyl/N-ethyl adjacent to an activating group) is 1. The number of nitrogens with one attached hydrogen (secondary N) is 1. The summed E-state index contributed by atoms with van der Waals surface area (Å²) in [6, 6.07) is 13.7. The van der Waals surface area contributed by atoms with E-state index in [4.69, 9.17) is 4.74 Å². The number of hydrogen-bond donors (Lipinski definition) is 1. The molecule has 2 aromatic carbocycles. The molecule has 0 aliphatic heterocycles. The van der Waals surface area contributed by atoms with E-state index >= 15 is 0 Å². The third kappa shape index (κ3) is 7.73. The lowest BCUT2D eigenvalue weighted by atomic mass is 10.1. The topological polar surface area (TPSA) is 96.0 Å². The first-order valence-electron chi connectivity index (χ1n) is 11.0. The van der Waals surface area contributed by atoms with Crippen molar-refractivity contribution in [1.82, 2.24) is 10.2 Å². The molecule has 1 N–H and O–H groups in total. The van der Waals surface area contributed by atoms with Crippen molar-refractivity contribution < 1.29 is 22.7 Å². The Balaban J connectivity index is 2.17. The van der Waals surface area contributed by atoms with Crippen LogP contribution in [-0.2, 0) is 26.2 Å². The Morgan fingerprint density at radius 3 is 2.35 bits per heavy atom. The molecule has 186 valence electrons. The van der Waals surface area contributed by atoms with Crippen LogP contribution in [0.2, 0.25) is 0 Å². The number of benzene rings is 2. The van der Waals surface area contributed by atoms with Gasteiger partial charge >= 0.3 is 0 Å². The second kappa shape index (κ2) is 12.8. The van der Waals surface area contributed by atoms with Gasteiger partial charge in [0.15, 0.2) is 0 Å². The molecule has 0 unspecified atom stereocenters. The number of sulfonamides is 1. The lowest BCUT2D eigenvalue weighted by Gasteiger charge is -2.29. The van der Waals surface area contributed by atoms with Crippen molar-refractivity contribution in [1.29, 1.82) is 0 Å². The SMILES string of the molecule is CCNC(=O)[C@H](C)N(Cc1ccc(Br)cc1)C(=O)CCCN(c1ccccc1OC)S(C)(=O)=O. The van der Waals surface area contributed by atoms with Crippen LogP contribution in [0.4, 0.5) is 5.69 Å². The zero-order valence-corrected chi connectivity index (χ0v) is 22.4. The summed E-state index contributed by atoms with van der Waals surface area (Å²) in [5.41, 5.74) is 1.31. The van der Waals surface area contributed by atoms with E-state index in [-0.39, 0.29) is 37.7 Å². The van der Waals surface area contributed by atoms with Crippen LogP contribution in [0.1, 0.15) is 32.3 Å². The van der Waals surface area contributed by atoms with Crippen molar-refractivity contribution in [3.63, 3.8) is 0 Å². The summed E-state index contributed by atoms with van der Waals surface area (Å²) in [6.45, 7) is 4.35. The first-order chi connectivity index (χ1) is 16.1. The number of anilines is 1. The van der Waals surface area contributed by atoms with Crippen molar-refractivity contribution in [3.05, 3.63) is 58.6 Å². The Labute approximate surface area is 210 Å². The number of para-hydroxylation sites is 2. The van der Waals surface area contributed by atoms with E-state index < -0.39 is 16.1 Å². The normalized spacial score (nSPS) is 12.0. The number of ether oxygens (including phenoxy) is 1. The number of methoxy groups -OCH3 is 1. The highest BCUT2D eigenvalue weighted by molar-refractivity contribution is 9.10. The van der Waals surface area contributed by atoms with Gasteiger partial charge in [0.25, 0.3) is 0 Å². The minimum Gasteiger partial charge on any atom is -0.495 e. The predicted molar refractivity (Wildman–Crippen MR) is 137 cm³/mol. The van der Waals surface area contributed by atoms with Crippen molar-refractivity contribution in [3.8, 4) is 5.75 Å². The highest BCUT2D eigenvalue weighted by atomic mass is 79.9. The largest absolute Gasteiger partial charge is 0.495 e. The summed E-state index contributed by atoms with van der Waals surface area (Å²) < 4.78 is 32.4. The Morgan fingerprint density at radius 2 is 1.76 bits per heavy atom. The molecule has 0 aliphatic rings. The molecule has 34 heavy (non-hydrogen) atoms. The molecule has 1 atom stereocenters. The van der Waals surface area contributed by atoms with Gasteiger partial charge in [-0.1, -0.05) is 40.2 Å². The minimum atomic E-state index is -3.60. The fourth-order valence-electron chi connectivity index (χ4n) is 3.51. The number of halogens is 1. The number of carbonyl (C=O) groups is 2. The Hall–Kier alpha value is -2.59. The van der Waals surface area contributed by atoms with E-state index in [9.17, 15) is 18.0 Å². The monoisotopic (exact) mass is 553 g/mol. The maximum absolute atomic E-state index is 13.2. The van der Waals surface area contributed by atoms with Crippen molar-refractivity contribution in [2.75, 3.05) is 30.8 Å². The quantitative estimate of drug-likeness (QED) is 0.433. The lowest BCUT2D eigenvalue weighted by Crippen LogP contribution is -2.47. The summed E-state index contributed by atoms with van der Waals surface area (Å²) in [6.07, 6.45) is 1.49. The van der Waals surface area contributed by atoms with Crippen LogP contribution < -0.4 is 14.4 Å². The van der Waals surface area contributed by atoms with E-state index in [2.05, 4.69) is 21.2 Å². The molecule has 0 aromatic heterocycles. The molecule has 8 nitrogen and oxygen atoms in total. The average molecular weight is 555 g/mol. The second-order valence-electron chi connectivity index (χ2n) is 7.83. The van der Waals surface area contributed by atoms with Crippen LogP contribution in [0.3, 0.4) is 0 Å². The number of hydrogen-bond acceptors (Lipinski definition) is 5. The third-order valence-corrected chi connectivity index (χ3v) is 7.00. The molecule has 0 saturated heterocycles.